The molecule has 1 unspecified atom stereocenters. The summed E-state index contributed by atoms with van der Waals surface area (Å²) in [5.74, 6) is 0.610. The van der Waals surface area contributed by atoms with Gasteiger partial charge in [0.15, 0.2) is 0 Å². The van der Waals surface area contributed by atoms with Gasteiger partial charge in [0.05, 0.1) is 17.7 Å². The molecule has 5 rings (SSSR count). The van der Waals surface area contributed by atoms with Crippen LogP contribution in [0, 0.1) is 6.92 Å². The zero-order chi connectivity index (χ0) is 31.1. The van der Waals surface area contributed by atoms with E-state index in [0.717, 1.165) is 34.2 Å². The standard InChI is InChI=1S/C35H35N3O6/c1-22-18-23(16-17-36-20-31(40)28-12-14-30(39)34-29(28)13-15-32(41)37-34)10-11-26(22)21-44-27-9-5-8-25(19-27)33(38-35(42)43)24-6-3-2-4-7-24/h2-15,18-19,31,33,36,38-40H,16-17,20-21H2,1H3,(H,37,41)(H,42,43)/t31?,33-/m0/s1. The number of fused-ring (bicyclic) bond motifs is 1. The van der Waals surface area contributed by atoms with E-state index in [4.69, 9.17) is 4.74 Å². The summed E-state index contributed by atoms with van der Waals surface area (Å²) in [6, 6.07) is 28.7. The first-order valence-electron chi connectivity index (χ1n) is 14.4. The Morgan fingerprint density at radius 3 is 2.50 bits per heavy atom. The molecule has 1 aromatic heterocycles. The van der Waals surface area contributed by atoms with Gasteiger partial charge >= 0.3 is 6.09 Å². The van der Waals surface area contributed by atoms with Crippen LogP contribution in [0.4, 0.5) is 4.79 Å². The number of hydrogen-bond donors (Lipinski definition) is 6. The molecule has 2 atom stereocenters. The van der Waals surface area contributed by atoms with Crippen LogP contribution in [-0.4, -0.2) is 39.5 Å². The molecule has 0 saturated carbocycles. The van der Waals surface area contributed by atoms with Gasteiger partial charge in [0.2, 0.25) is 5.56 Å². The third-order valence-corrected chi connectivity index (χ3v) is 7.59. The first-order valence-corrected chi connectivity index (χ1v) is 14.4. The van der Waals surface area contributed by atoms with Crippen molar-refractivity contribution in [3.8, 4) is 11.5 Å². The molecule has 0 radical (unpaired) electrons. The van der Waals surface area contributed by atoms with E-state index in [9.17, 15) is 24.9 Å². The molecule has 0 fully saturated rings. The minimum atomic E-state index is -1.10. The zero-order valence-corrected chi connectivity index (χ0v) is 24.3. The number of ether oxygens (including phenoxy) is 1. The molecule has 0 aliphatic rings. The third kappa shape index (κ3) is 7.44. The lowest BCUT2D eigenvalue weighted by Crippen LogP contribution is -2.27. The van der Waals surface area contributed by atoms with Crippen LogP contribution in [0.1, 0.15) is 45.5 Å². The maximum absolute atomic E-state index is 11.7. The van der Waals surface area contributed by atoms with E-state index in [2.05, 4.69) is 27.8 Å². The van der Waals surface area contributed by atoms with Crippen LogP contribution in [0.5, 0.6) is 11.5 Å². The average molecular weight is 594 g/mol. The number of pyridine rings is 1. The Labute approximate surface area is 254 Å². The Morgan fingerprint density at radius 1 is 0.932 bits per heavy atom. The predicted molar refractivity (Wildman–Crippen MR) is 169 cm³/mol. The smallest absolute Gasteiger partial charge is 0.405 e. The highest BCUT2D eigenvalue weighted by molar-refractivity contribution is 5.87. The van der Waals surface area contributed by atoms with Crippen molar-refractivity contribution in [3.63, 3.8) is 0 Å². The Balaban J connectivity index is 1.15. The molecular formula is C35H35N3O6. The SMILES string of the molecule is Cc1cc(CCNCC(O)c2ccc(O)c3[nH]c(=O)ccc23)ccc1COc1cccc([C@@H](NC(=O)O)c2ccccc2)c1. The van der Waals surface area contributed by atoms with Gasteiger partial charge in [-0.2, -0.15) is 0 Å². The van der Waals surface area contributed by atoms with E-state index in [0.29, 0.717) is 41.9 Å². The average Bonchev–Trinajstić information content (AvgIpc) is 3.02. The lowest BCUT2D eigenvalue weighted by molar-refractivity contribution is 0.176. The summed E-state index contributed by atoms with van der Waals surface area (Å²) in [6.45, 7) is 3.38. The molecule has 0 aliphatic heterocycles. The third-order valence-electron chi connectivity index (χ3n) is 7.59. The molecule has 0 bridgehead atoms. The fourth-order valence-corrected chi connectivity index (χ4v) is 5.28. The van der Waals surface area contributed by atoms with E-state index in [-0.39, 0.29) is 11.3 Å². The maximum atomic E-state index is 11.7. The van der Waals surface area contributed by atoms with Crippen molar-refractivity contribution in [1.29, 1.82) is 0 Å². The van der Waals surface area contributed by atoms with Crippen LogP contribution < -0.4 is 20.9 Å². The largest absolute Gasteiger partial charge is 0.506 e. The number of aromatic nitrogens is 1. The number of phenolic OH excluding ortho intramolecular Hbond substituents is 1. The second kappa shape index (κ2) is 13.9. The van der Waals surface area contributed by atoms with Gasteiger partial charge in [-0.05, 0) is 77.5 Å². The van der Waals surface area contributed by atoms with Crippen molar-refractivity contribution >= 4 is 17.0 Å². The predicted octanol–water partition coefficient (Wildman–Crippen LogP) is 5.34. The van der Waals surface area contributed by atoms with Gasteiger partial charge in [0.25, 0.3) is 0 Å². The summed E-state index contributed by atoms with van der Waals surface area (Å²) in [5.41, 5.74) is 5.54. The second-order valence-electron chi connectivity index (χ2n) is 10.7. The number of aliphatic hydroxyl groups is 1. The Morgan fingerprint density at radius 2 is 1.73 bits per heavy atom. The van der Waals surface area contributed by atoms with Crippen LogP contribution in [-0.2, 0) is 13.0 Å². The van der Waals surface area contributed by atoms with Gasteiger partial charge in [-0.25, -0.2) is 4.79 Å². The van der Waals surface area contributed by atoms with E-state index in [1.807, 2.05) is 67.6 Å². The number of hydrogen-bond acceptors (Lipinski definition) is 6. The number of rotatable bonds is 12. The van der Waals surface area contributed by atoms with E-state index in [1.54, 1.807) is 12.1 Å². The molecule has 9 nitrogen and oxygen atoms in total. The van der Waals surface area contributed by atoms with Gasteiger partial charge in [-0.3, -0.25) is 4.79 Å². The van der Waals surface area contributed by atoms with Gasteiger partial charge in [-0.15, -0.1) is 0 Å². The fraction of sp³-hybridized carbons (Fsp3) is 0.200. The van der Waals surface area contributed by atoms with E-state index >= 15 is 0 Å². The number of phenols is 1. The molecule has 0 aliphatic carbocycles. The number of H-pyrrole nitrogens is 1. The highest BCUT2D eigenvalue weighted by Crippen LogP contribution is 2.29. The van der Waals surface area contributed by atoms with Crippen molar-refractivity contribution in [2.75, 3.05) is 13.1 Å². The number of aliphatic hydroxyl groups excluding tert-OH is 1. The number of carbonyl (C=O) groups is 1. The van der Waals surface area contributed by atoms with Crippen molar-refractivity contribution in [1.82, 2.24) is 15.6 Å². The molecule has 44 heavy (non-hydrogen) atoms. The molecule has 9 heteroatoms. The topological polar surface area (TPSA) is 144 Å². The number of amides is 1. The minimum absolute atomic E-state index is 0.0379. The first kappa shape index (κ1) is 30.3. The number of nitrogens with one attached hydrogen (secondary N) is 3. The summed E-state index contributed by atoms with van der Waals surface area (Å²) >= 11 is 0. The molecule has 0 spiro atoms. The minimum Gasteiger partial charge on any atom is -0.506 e. The second-order valence-corrected chi connectivity index (χ2v) is 10.7. The molecule has 1 heterocycles. The Kier molecular flexibility index (Phi) is 9.59. The van der Waals surface area contributed by atoms with Crippen molar-refractivity contribution in [2.45, 2.75) is 32.1 Å². The molecular weight excluding hydrogens is 558 g/mol. The summed E-state index contributed by atoms with van der Waals surface area (Å²) in [4.78, 5) is 25.7. The maximum Gasteiger partial charge on any atom is 0.405 e. The normalized spacial score (nSPS) is 12.5. The highest BCUT2D eigenvalue weighted by atomic mass is 16.5. The lowest BCUT2D eigenvalue weighted by atomic mass is 9.98. The number of aromatic hydroxyl groups is 1. The molecule has 6 N–H and O–H groups in total. The number of carboxylic acid groups (broad SMARTS) is 1. The van der Waals surface area contributed by atoms with Gasteiger partial charge in [-0.1, -0.05) is 66.7 Å². The van der Waals surface area contributed by atoms with Crippen molar-refractivity contribution in [2.24, 2.45) is 0 Å². The van der Waals surface area contributed by atoms with Crippen LogP contribution in [0.2, 0.25) is 0 Å². The van der Waals surface area contributed by atoms with Crippen molar-refractivity contribution < 1.29 is 24.9 Å². The molecule has 0 saturated heterocycles. The summed E-state index contributed by atoms with van der Waals surface area (Å²) < 4.78 is 6.11. The molecule has 5 aromatic rings. The summed E-state index contributed by atoms with van der Waals surface area (Å²) in [6.07, 6.45) is -1.15. The van der Waals surface area contributed by atoms with Crippen LogP contribution in [0.25, 0.3) is 10.9 Å². The number of aryl methyl sites for hydroxylation is 1. The van der Waals surface area contributed by atoms with Crippen LogP contribution >= 0.6 is 0 Å². The number of aromatic amines is 1. The quantitative estimate of drug-likeness (QED) is 0.107. The first-order chi connectivity index (χ1) is 21.3. The van der Waals surface area contributed by atoms with Gasteiger partial charge in [0.1, 0.15) is 18.1 Å². The lowest BCUT2D eigenvalue weighted by Gasteiger charge is -2.19. The van der Waals surface area contributed by atoms with E-state index in [1.165, 1.54) is 12.1 Å². The van der Waals surface area contributed by atoms with Gasteiger partial charge < -0.3 is 35.7 Å². The van der Waals surface area contributed by atoms with E-state index < -0.39 is 18.2 Å². The molecule has 226 valence electrons. The number of benzene rings is 4. The summed E-state index contributed by atoms with van der Waals surface area (Å²) in [5, 5.41) is 36.7. The highest BCUT2D eigenvalue weighted by Gasteiger charge is 2.17. The van der Waals surface area contributed by atoms with Crippen molar-refractivity contribution in [3.05, 3.63) is 141 Å². The van der Waals surface area contributed by atoms with Crippen LogP contribution in [0.15, 0.2) is 102 Å². The van der Waals surface area contributed by atoms with Crippen LogP contribution in [0.3, 0.4) is 0 Å². The fourth-order valence-electron chi connectivity index (χ4n) is 5.28. The Hall–Kier alpha value is -5.12. The Bertz CT molecular complexity index is 1800. The zero-order valence-electron chi connectivity index (χ0n) is 24.3. The molecule has 4 aromatic carbocycles. The van der Waals surface area contributed by atoms with Gasteiger partial charge in [0, 0.05) is 18.0 Å². The summed E-state index contributed by atoms with van der Waals surface area (Å²) in [7, 11) is 0. The monoisotopic (exact) mass is 593 g/mol. The molecule has 1 amide bonds.